The van der Waals surface area contributed by atoms with Crippen molar-refractivity contribution in [1.82, 2.24) is 20.2 Å². The molecular weight excluding hydrogens is 418 g/mol. The number of halogens is 2. The van der Waals surface area contributed by atoms with Crippen LogP contribution in [0.3, 0.4) is 0 Å². The average Bonchev–Trinajstić information content (AvgIpc) is 3.07. The molecule has 0 unspecified atom stereocenters. The third-order valence-electron chi connectivity index (χ3n) is 8.06. The second kappa shape index (κ2) is 6.99. The number of nitrogens with zero attached hydrogens (tertiary/aromatic N) is 5. The summed E-state index contributed by atoms with van der Waals surface area (Å²) in [6.07, 6.45) is 1.59. The summed E-state index contributed by atoms with van der Waals surface area (Å²) in [4.78, 5) is 39.0. The largest absolute Gasteiger partial charge is 0.356 e. The summed E-state index contributed by atoms with van der Waals surface area (Å²) in [6, 6.07) is 0.273. The topological polar surface area (TPSA) is 81.7 Å². The van der Waals surface area contributed by atoms with Crippen molar-refractivity contribution < 1.29 is 18.4 Å². The lowest BCUT2D eigenvalue weighted by Gasteiger charge is -2.39. The summed E-state index contributed by atoms with van der Waals surface area (Å²) < 4.78 is 29.1. The number of piperazine rings is 1. The molecule has 32 heavy (non-hydrogen) atoms. The monoisotopic (exact) mass is 446 g/mol. The number of nitrogens with one attached hydrogen (secondary N) is 1. The van der Waals surface area contributed by atoms with Gasteiger partial charge in [-0.25, -0.2) is 4.98 Å². The Balaban J connectivity index is 1.17. The molecule has 1 aromatic heterocycles. The van der Waals surface area contributed by atoms with Crippen molar-refractivity contribution in [2.75, 3.05) is 49.1 Å². The number of anilines is 2. The van der Waals surface area contributed by atoms with Crippen LogP contribution < -0.4 is 15.1 Å². The predicted molar refractivity (Wildman–Crippen MR) is 113 cm³/mol. The van der Waals surface area contributed by atoms with E-state index in [1.165, 1.54) is 0 Å². The van der Waals surface area contributed by atoms with Crippen molar-refractivity contribution in [2.24, 2.45) is 17.8 Å². The molecule has 0 radical (unpaired) electrons. The molecule has 3 saturated heterocycles. The first-order chi connectivity index (χ1) is 15.3. The maximum atomic E-state index is 14.6. The molecule has 0 aromatic carbocycles. The zero-order valence-electron chi connectivity index (χ0n) is 18.2. The Morgan fingerprint density at radius 2 is 2.00 bits per heavy atom. The maximum Gasteiger partial charge on any atom is 0.290 e. The van der Waals surface area contributed by atoms with Gasteiger partial charge in [-0.2, -0.15) is 13.8 Å². The Bertz CT molecular complexity index is 975. The minimum Gasteiger partial charge on any atom is -0.356 e. The number of hydrogen-bond acceptors (Lipinski definition) is 6. The third kappa shape index (κ3) is 3.13. The van der Waals surface area contributed by atoms with E-state index in [0.29, 0.717) is 61.0 Å². The van der Waals surface area contributed by atoms with Gasteiger partial charge in [0.15, 0.2) is 0 Å². The molecule has 1 N–H and O–H groups in total. The van der Waals surface area contributed by atoms with E-state index in [1.54, 1.807) is 4.90 Å². The standard InChI is InChI=1S/C22H28F2N6O2/c1-12-3-6-30(12)21-26-19-13(2-4-22(19,23)24)20(27-21)29-9-15-14(16(15)10-29)8-18(32)28-7-5-25-17(31)11-28/h12,14-16H,2-11H2,1H3,(H,25,31)/t12-,14-,15-,16+/m0/s1. The van der Waals surface area contributed by atoms with Gasteiger partial charge >= 0.3 is 0 Å². The SMILES string of the molecule is C[C@H]1CCN1c1nc(N2C[C@@H]3[C@@H](CC(=O)N4CCNC(=O)C4)[C@@H]3C2)c2c(n1)C(F)(F)CC2. The number of aromatic nitrogens is 2. The quantitative estimate of drug-likeness (QED) is 0.747. The summed E-state index contributed by atoms with van der Waals surface area (Å²) in [7, 11) is 0. The van der Waals surface area contributed by atoms with Gasteiger partial charge in [-0.1, -0.05) is 0 Å². The fourth-order valence-corrected chi connectivity index (χ4v) is 5.90. The van der Waals surface area contributed by atoms with Gasteiger partial charge in [0.25, 0.3) is 5.92 Å². The molecular formula is C22H28F2N6O2. The van der Waals surface area contributed by atoms with Crippen LogP contribution in [0, 0.1) is 17.8 Å². The van der Waals surface area contributed by atoms with Crippen LogP contribution in [0.4, 0.5) is 20.5 Å². The van der Waals surface area contributed by atoms with E-state index in [9.17, 15) is 18.4 Å². The Hall–Kier alpha value is -2.52. The molecule has 2 aliphatic carbocycles. The van der Waals surface area contributed by atoms with Crippen molar-refractivity contribution >= 4 is 23.6 Å². The number of fused-ring (bicyclic) bond motifs is 2. The van der Waals surface area contributed by atoms with Gasteiger partial charge in [-0.3, -0.25) is 9.59 Å². The van der Waals surface area contributed by atoms with Crippen molar-refractivity contribution in [1.29, 1.82) is 0 Å². The molecule has 3 aliphatic heterocycles. The fraction of sp³-hybridized carbons (Fsp3) is 0.727. The number of alkyl halides is 2. The first-order valence-corrected chi connectivity index (χ1v) is 11.7. The number of rotatable bonds is 4. The molecule has 0 bridgehead atoms. The number of carbonyl (C=O) groups excluding carboxylic acids is 2. The molecule has 8 nitrogen and oxygen atoms in total. The van der Waals surface area contributed by atoms with Gasteiger partial charge in [-0.05, 0) is 37.5 Å². The molecule has 1 aromatic rings. The summed E-state index contributed by atoms with van der Waals surface area (Å²) in [6.45, 7) is 5.58. The number of amides is 2. The van der Waals surface area contributed by atoms with E-state index in [-0.39, 0.29) is 36.5 Å². The highest BCUT2D eigenvalue weighted by Gasteiger charge is 2.57. The third-order valence-corrected chi connectivity index (χ3v) is 8.06. The summed E-state index contributed by atoms with van der Waals surface area (Å²) in [5.74, 6) is -0.770. The summed E-state index contributed by atoms with van der Waals surface area (Å²) in [5.41, 5.74) is 0.507. The fourth-order valence-electron chi connectivity index (χ4n) is 5.90. The first-order valence-electron chi connectivity index (χ1n) is 11.7. The Morgan fingerprint density at radius 3 is 2.66 bits per heavy atom. The van der Waals surface area contributed by atoms with Crippen molar-refractivity contribution in [3.05, 3.63) is 11.3 Å². The van der Waals surface area contributed by atoms with Crippen LogP contribution in [-0.2, 0) is 21.9 Å². The lowest BCUT2D eigenvalue weighted by Crippen LogP contribution is -2.50. The number of carbonyl (C=O) groups is 2. The zero-order chi connectivity index (χ0) is 22.2. The van der Waals surface area contributed by atoms with Crippen molar-refractivity contribution in [3.63, 3.8) is 0 Å². The van der Waals surface area contributed by atoms with E-state index in [1.807, 2.05) is 4.90 Å². The molecule has 2 amide bonds. The molecule has 6 rings (SSSR count). The van der Waals surface area contributed by atoms with E-state index in [2.05, 4.69) is 22.1 Å². The first kappa shape index (κ1) is 20.1. The van der Waals surface area contributed by atoms with Crippen LogP contribution in [-0.4, -0.2) is 72.0 Å². The minimum atomic E-state index is -2.89. The minimum absolute atomic E-state index is 0.0439. The summed E-state index contributed by atoms with van der Waals surface area (Å²) >= 11 is 0. The molecule has 10 heteroatoms. The molecule has 4 fully saturated rings. The second-order valence-corrected chi connectivity index (χ2v) is 9.98. The molecule has 5 aliphatic rings. The Labute approximate surface area is 185 Å². The lowest BCUT2D eigenvalue weighted by molar-refractivity contribution is -0.138. The number of piperidine rings is 1. The maximum absolute atomic E-state index is 14.6. The van der Waals surface area contributed by atoms with E-state index >= 15 is 0 Å². The molecule has 4 heterocycles. The Morgan fingerprint density at radius 1 is 1.22 bits per heavy atom. The molecule has 4 atom stereocenters. The molecule has 0 spiro atoms. The van der Waals surface area contributed by atoms with Crippen molar-refractivity contribution in [3.8, 4) is 0 Å². The molecule has 1 saturated carbocycles. The van der Waals surface area contributed by atoms with Gasteiger partial charge in [0, 0.05) is 57.2 Å². The van der Waals surface area contributed by atoms with Gasteiger partial charge < -0.3 is 20.0 Å². The highest BCUT2D eigenvalue weighted by molar-refractivity contribution is 5.86. The van der Waals surface area contributed by atoms with Crippen LogP contribution >= 0.6 is 0 Å². The smallest absolute Gasteiger partial charge is 0.290 e. The van der Waals surface area contributed by atoms with Crippen LogP contribution in [0.1, 0.15) is 37.4 Å². The van der Waals surface area contributed by atoms with E-state index in [0.717, 1.165) is 26.1 Å². The predicted octanol–water partition coefficient (Wildman–Crippen LogP) is 1.14. The second-order valence-electron chi connectivity index (χ2n) is 9.98. The highest BCUT2D eigenvalue weighted by atomic mass is 19.3. The molecule has 172 valence electrons. The van der Waals surface area contributed by atoms with Crippen LogP contribution in [0.5, 0.6) is 0 Å². The normalized spacial score (nSPS) is 32.3. The van der Waals surface area contributed by atoms with Crippen LogP contribution in [0.2, 0.25) is 0 Å². The zero-order valence-corrected chi connectivity index (χ0v) is 18.2. The summed E-state index contributed by atoms with van der Waals surface area (Å²) in [5, 5.41) is 2.74. The number of hydrogen-bond donors (Lipinski definition) is 1. The average molecular weight is 447 g/mol. The lowest BCUT2D eigenvalue weighted by atomic mass is 10.1. The van der Waals surface area contributed by atoms with Crippen LogP contribution in [0.15, 0.2) is 0 Å². The van der Waals surface area contributed by atoms with Gasteiger partial charge in [0.1, 0.15) is 11.5 Å². The van der Waals surface area contributed by atoms with E-state index < -0.39 is 5.92 Å². The Kier molecular flexibility index (Phi) is 4.39. The van der Waals surface area contributed by atoms with Crippen molar-refractivity contribution in [2.45, 2.75) is 44.6 Å². The highest BCUT2D eigenvalue weighted by Crippen LogP contribution is 2.55. The van der Waals surface area contributed by atoms with Gasteiger partial charge in [-0.15, -0.1) is 0 Å². The van der Waals surface area contributed by atoms with Gasteiger partial charge in [0.2, 0.25) is 17.8 Å². The van der Waals surface area contributed by atoms with Crippen LogP contribution in [0.25, 0.3) is 0 Å². The van der Waals surface area contributed by atoms with Gasteiger partial charge in [0.05, 0.1) is 6.54 Å². The van der Waals surface area contributed by atoms with E-state index in [4.69, 9.17) is 4.98 Å².